The number of allylic oxidation sites excluding steroid dienone is 2. The van der Waals surface area contributed by atoms with Gasteiger partial charge in [-0.15, -0.1) is 0 Å². The van der Waals surface area contributed by atoms with Crippen LogP contribution in [0.1, 0.15) is 31.9 Å². The first kappa shape index (κ1) is 16.8. The number of aliphatic hydroxyl groups is 1. The van der Waals surface area contributed by atoms with Gasteiger partial charge in [0.05, 0.1) is 12.7 Å². The van der Waals surface area contributed by atoms with Crippen molar-refractivity contribution < 1.29 is 19.5 Å². The molecule has 0 amide bonds. The molecular weight excluding hydrogens is 279 g/mol. The van der Waals surface area contributed by atoms with Crippen LogP contribution in [0.3, 0.4) is 0 Å². The van der Waals surface area contributed by atoms with E-state index in [1.54, 1.807) is 0 Å². The Balaban J connectivity index is 2.11. The highest BCUT2D eigenvalue weighted by atomic mass is 16.5. The molecule has 5 heteroatoms. The van der Waals surface area contributed by atoms with Crippen molar-refractivity contribution >= 4 is 7.12 Å². The average Bonchev–Trinajstić information content (AvgIpc) is 2.52. The molecule has 1 atom stereocenters. The van der Waals surface area contributed by atoms with Crippen LogP contribution in [0.2, 0.25) is 0 Å². The Labute approximate surface area is 132 Å². The van der Waals surface area contributed by atoms with Crippen LogP contribution in [0, 0.1) is 5.92 Å². The van der Waals surface area contributed by atoms with Crippen molar-refractivity contribution in [3.8, 4) is 5.75 Å². The van der Waals surface area contributed by atoms with Gasteiger partial charge in [0, 0.05) is 0 Å². The van der Waals surface area contributed by atoms with Crippen LogP contribution >= 0.6 is 0 Å². The molecule has 1 aliphatic rings. The number of benzene rings is 1. The van der Waals surface area contributed by atoms with Gasteiger partial charge >= 0.3 is 7.12 Å². The summed E-state index contributed by atoms with van der Waals surface area (Å²) in [4.78, 5) is 0. The summed E-state index contributed by atoms with van der Waals surface area (Å²) >= 11 is 0. The number of aliphatic hydroxyl groups excluding tert-OH is 1. The standard InChI is InChI=1S/C17H23BO4/c1-12(2)13(3)16-7-8-17(22-18(16)20)14-5-4-6-15(11-14)21-10-9-19/h4-7,11-12,17,19-20H,3,8-10H2,1-2H3/t17-/m0/s1. The zero-order valence-corrected chi connectivity index (χ0v) is 13.2. The predicted molar refractivity (Wildman–Crippen MR) is 87.5 cm³/mol. The lowest BCUT2D eigenvalue weighted by Gasteiger charge is -2.27. The van der Waals surface area contributed by atoms with Crippen LogP contribution in [0.5, 0.6) is 5.75 Å². The molecule has 2 N–H and O–H groups in total. The molecule has 1 heterocycles. The molecule has 0 bridgehead atoms. The Morgan fingerprint density at radius 2 is 2.27 bits per heavy atom. The Hall–Kier alpha value is -1.56. The van der Waals surface area contributed by atoms with Crippen molar-refractivity contribution in [3.05, 3.63) is 53.5 Å². The average molecular weight is 302 g/mol. The lowest BCUT2D eigenvalue weighted by molar-refractivity contribution is 0.167. The Bertz CT molecular complexity index is 553. The van der Waals surface area contributed by atoms with Crippen molar-refractivity contribution in [2.75, 3.05) is 13.2 Å². The van der Waals surface area contributed by atoms with Gasteiger partial charge in [0.2, 0.25) is 0 Å². The van der Waals surface area contributed by atoms with Crippen LogP contribution in [-0.2, 0) is 4.65 Å². The molecule has 1 aromatic rings. The van der Waals surface area contributed by atoms with E-state index < -0.39 is 7.12 Å². The summed E-state index contributed by atoms with van der Waals surface area (Å²) in [5.41, 5.74) is 2.63. The quantitative estimate of drug-likeness (QED) is 0.793. The Morgan fingerprint density at radius 3 is 2.91 bits per heavy atom. The summed E-state index contributed by atoms with van der Waals surface area (Å²) in [7, 11) is -0.948. The van der Waals surface area contributed by atoms with Gasteiger partial charge in [0.1, 0.15) is 12.4 Å². The summed E-state index contributed by atoms with van der Waals surface area (Å²) in [5.74, 6) is 0.960. The fourth-order valence-corrected chi connectivity index (χ4v) is 2.43. The zero-order chi connectivity index (χ0) is 16.1. The van der Waals surface area contributed by atoms with Crippen LogP contribution < -0.4 is 4.74 Å². The zero-order valence-electron chi connectivity index (χ0n) is 13.2. The highest BCUT2D eigenvalue weighted by Gasteiger charge is 2.31. The molecule has 1 aromatic carbocycles. The number of hydrogen-bond donors (Lipinski definition) is 2. The largest absolute Gasteiger partial charge is 0.491 e. The third kappa shape index (κ3) is 4.00. The SMILES string of the molecule is C=C(C1=CC[C@@H](c2cccc(OCCO)c2)OB1O)C(C)C. The first-order valence-electron chi connectivity index (χ1n) is 7.59. The van der Waals surface area contributed by atoms with E-state index >= 15 is 0 Å². The van der Waals surface area contributed by atoms with Crippen molar-refractivity contribution in [1.29, 1.82) is 0 Å². The third-order valence-corrected chi connectivity index (χ3v) is 3.77. The molecule has 0 unspecified atom stereocenters. The molecule has 0 radical (unpaired) electrons. The maximum Gasteiger partial charge on any atom is 0.491 e. The summed E-state index contributed by atoms with van der Waals surface area (Å²) in [5, 5.41) is 19.0. The topological polar surface area (TPSA) is 58.9 Å². The minimum atomic E-state index is -0.948. The minimum absolute atomic E-state index is 0.0215. The van der Waals surface area contributed by atoms with Gasteiger partial charge < -0.3 is 19.5 Å². The van der Waals surface area contributed by atoms with Gasteiger partial charge in [-0.05, 0) is 35.5 Å². The number of hydrogen-bond acceptors (Lipinski definition) is 4. The van der Waals surface area contributed by atoms with Crippen molar-refractivity contribution in [1.82, 2.24) is 0 Å². The second kappa shape index (κ2) is 7.63. The molecular formula is C17H23BO4. The molecule has 0 aliphatic carbocycles. The summed E-state index contributed by atoms with van der Waals surface area (Å²) in [6.45, 7) is 8.35. The normalized spacial score (nSPS) is 18.3. The van der Waals surface area contributed by atoms with Gasteiger partial charge in [0.25, 0.3) is 0 Å². The number of ether oxygens (including phenoxy) is 1. The first-order chi connectivity index (χ1) is 10.5. The highest BCUT2D eigenvalue weighted by molar-refractivity contribution is 6.54. The first-order valence-corrected chi connectivity index (χ1v) is 7.59. The van der Waals surface area contributed by atoms with Crippen LogP contribution in [0.15, 0.2) is 48.0 Å². The monoisotopic (exact) mass is 302 g/mol. The van der Waals surface area contributed by atoms with Gasteiger partial charge in [-0.1, -0.05) is 44.2 Å². The minimum Gasteiger partial charge on any atom is -0.491 e. The molecule has 0 saturated heterocycles. The van der Waals surface area contributed by atoms with Gasteiger partial charge in [-0.25, -0.2) is 0 Å². The molecule has 0 spiro atoms. The maximum atomic E-state index is 10.2. The van der Waals surface area contributed by atoms with Crippen molar-refractivity contribution in [2.45, 2.75) is 26.4 Å². The fraction of sp³-hybridized carbons (Fsp3) is 0.412. The van der Waals surface area contributed by atoms with E-state index in [0.717, 1.165) is 16.6 Å². The molecule has 0 aromatic heterocycles. The lowest BCUT2D eigenvalue weighted by atomic mass is 9.69. The molecule has 0 fully saturated rings. The van der Waals surface area contributed by atoms with E-state index in [0.29, 0.717) is 12.2 Å². The fourth-order valence-electron chi connectivity index (χ4n) is 2.43. The van der Waals surface area contributed by atoms with Gasteiger partial charge in [-0.2, -0.15) is 0 Å². The maximum absolute atomic E-state index is 10.2. The molecule has 22 heavy (non-hydrogen) atoms. The second-order valence-electron chi connectivity index (χ2n) is 5.70. The molecule has 2 rings (SSSR count). The highest BCUT2D eigenvalue weighted by Crippen LogP contribution is 2.33. The Kier molecular flexibility index (Phi) is 5.83. The van der Waals surface area contributed by atoms with E-state index in [9.17, 15) is 5.02 Å². The van der Waals surface area contributed by atoms with Crippen molar-refractivity contribution in [3.63, 3.8) is 0 Å². The molecule has 0 saturated carbocycles. The molecule has 4 nitrogen and oxygen atoms in total. The molecule has 1 aliphatic heterocycles. The second-order valence-corrected chi connectivity index (χ2v) is 5.70. The van der Waals surface area contributed by atoms with Gasteiger partial charge in [0.15, 0.2) is 0 Å². The smallest absolute Gasteiger partial charge is 0.491 e. The Morgan fingerprint density at radius 1 is 1.50 bits per heavy atom. The summed E-state index contributed by atoms with van der Waals surface area (Å²) in [6, 6.07) is 7.53. The van der Waals surface area contributed by atoms with E-state index in [-0.39, 0.29) is 25.2 Å². The van der Waals surface area contributed by atoms with Crippen LogP contribution in [-0.4, -0.2) is 30.5 Å². The molecule has 118 valence electrons. The lowest BCUT2D eigenvalue weighted by Crippen LogP contribution is -2.29. The van der Waals surface area contributed by atoms with Gasteiger partial charge in [-0.3, -0.25) is 0 Å². The number of rotatable bonds is 6. The predicted octanol–water partition coefficient (Wildman–Crippen LogP) is 2.68. The van der Waals surface area contributed by atoms with Crippen molar-refractivity contribution in [2.24, 2.45) is 5.92 Å². The van der Waals surface area contributed by atoms with E-state index in [2.05, 4.69) is 6.58 Å². The van der Waals surface area contributed by atoms with Crippen LogP contribution in [0.4, 0.5) is 0 Å². The van der Waals surface area contributed by atoms with E-state index in [1.165, 1.54) is 0 Å². The summed E-state index contributed by atoms with van der Waals surface area (Å²) < 4.78 is 11.1. The van der Waals surface area contributed by atoms with Crippen LogP contribution in [0.25, 0.3) is 0 Å². The third-order valence-electron chi connectivity index (χ3n) is 3.77. The van der Waals surface area contributed by atoms with E-state index in [4.69, 9.17) is 14.5 Å². The summed E-state index contributed by atoms with van der Waals surface area (Å²) in [6.07, 6.45) is 2.47. The van der Waals surface area contributed by atoms with E-state index in [1.807, 2.05) is 44.2 Å².